The number of rotatable bonds is 4. The minimum absolute atomic E-state index is 0.0567. The van der Waals surface area contributed by atoms with E-state index in [1.54, 1.807) is 0 Å². The number of ether oxygens (including phenoxy) is 1. The molecule has 1 heterocycles. The van der Waals surface area contributed by atoms with Crippen LogP contribution in [0.2, 0.25) is 0 Å². The Morgan fingerprint density at radius 2 is 2.24 bits per heavy atom. The van der Waals surface area contributed by atoms with Gasteiger partial charge in [0.05, 0.1) is 0 Å². The van der Waals surface area contributed by atoms with Gasteiger partial charge in [0, 0.05) is 19.1 Å². The Balaban J connectivity index is 1.91. The number of amides is 1. The second-order valence-corrected chi connectivity index (χ2v) is 6.16. The largest absolute Gasteiger partial charge is 0.483 e. The highest BCUT2D eigenvalue weighted by Crippen LogP contribution is 2.21. The molecule has 0 aliphatic carbocycles. The Labute approximate surface area is 127 Å². The lowest BCUT2D eigenvalue weighted by Crippen LogP contribution is -2.46. The van der Waals surface area contributed by atoms with Crippen LogP contribution in [0.1, 0.15) is 30.9 Å². The van der Waals surface area contributed by atoms with Gasteiger partial charge in [0.1, 0.15) is 5.75 Å². The van der Waals surface area contributed by atoms with Crippen LogP contribution in [0.5, 0.6) is 5.75 Å². The molecule has 2 N–H and O–H groups in total. The summed E-state index contributed by atoms with van der Waals surface area (Å²) in [7, 11) is 0. The molecule has 0 radical (unpaired) electrons. The van der Waals surface area contributed by atoms with Gasteiger partial charge in [0.2, 0.25) is 0 Å². The molecule has 4 nitrogen and oxygen atoms in total. The molecule has 1 saturated heterocycles. The molecule has 2 atom stereocenters. The molecular formula is C17H26N2O2. The molecule has 0 aromatic heterocycles. The first-order valence-electron chi connectivity index (χ1n) is 7.71. The number of piperidine rings is 1. The fourth-order valence-corrected chi connectivity index (χ4v) is 2.76. The maximum absolute atomic E-state index is 12.3. The monoisotopic (exact) mass is 290 g/mol. The van der Waals surface area contributed by atoms with Gasteiger partial charge < -0.3 is 15.4 Å². The summed E-state index contributed by atoms with van der Waals surface area (Å²) in [6.45, 7) is 7.71. The molecule has 21 heavy (non-hydrogen) atoms. The third-order valence-corrected chi connectivity index (χ3v) is 4.25. The van der Waals surface area contributed by atoms with Crippen molar-refractivity contribution in [3.05, 3.63) is 29.3 Å². The van der Waals surface area contributed by atoms with Gasteiger partial charge in [-0.25, -0.2) is 0 Å². The molecule has 0 unspecified atom stereocenters. The summed E-state index contributed by atoms with van der Waals surface area (Å²) in [5.74, 6) is 1.26. The number of likely N-dealkylation sites (tertiary alicyclic amines) is 1. The van der Waals surface area contributed by atoms with E-state index in [1.165, 1.54) is 0 Å². The van der Waals surface area contributed by atoms with Crippen molar-refractivity contribution in [3.8, 4) is 5.75 Å². The lowest BCUT2D eigenvalue weighted by Gasteiger charge is -2.34. The Hall–Kier alpha value is -1.55. The van der Waals surface area contributed by atoms with Crippen LogP contribution in [0, 0.1) is 19.8 Å². The normalized spacial score (nSPS) is 20.2. The Morgan fingerprint density at radius 3 is 2.95 bits per heavy atom. The van der Waals surface area contributed by atoms with Gasteiger partial charge >= 0.3 is 0 Å². The highest BCUT2D eigenvalue weighted by Gasteiger charge is 2.25. The van der Waals surface area contributed by atoms with Gasteiger partial charge in [-0.05, 0) is 56.7 Å². The fraction of sp³-hybridized carbons (Fsp3) is 0.588. The van der Waals surface area contributed by atoms with E-state index in [2.05, 4.69) is 0 Å². The predicted octanol–water partition coefficient (Wildman–Crippen LogP) is 2.27. The lowest BCUT2D eigenvalue weighted by molar-refractivity contribution is -0.135. The molecule has 1 aliphatic rings. The van der Waals surface area contributed by atoms with Crippen molar-refractivity contribution < 1.29 is 9.53 Å². The highest BCUT2D eigenvalue weighted by molar-refractivity contribution is 5.78. The molecule has 2 rings (SSSR count). The van der Waals surface area contributed by atoms with Crippen LogP contribution in [0.25, 0.3) is 0 Å². The third kappa shape index (κ3) is 4.21. The number of nitrogens with zero attached hydrogens (tertiary/aromatic N) is 1. The van der Waals surface area contributed by atoms with Gasteiger partial charge in [0.25, 0.3) is 5.91 Å². The van der Waals surface area contributed by atoms with Crippen LogP contribution in [-0.4, -0.2) is 36.5 Å². The fourth-order valence-electron chi connectivity index (χ4n) is 2.76. The van der Waals surface area contributed by atoms with Crippen LogP contribution in [0.3, 0.4) is 0 Å². The van der Waals surface area contributed by atoms with Crippen molar-refractivity contribution in [3.63, 3.8) is 0 Å². The molecule has 4 heteroatoms. The maximum Gasteiger partial charge on any atom is 0.260 e. The van der Waals surface area contributed by atoms with Crippen LogP contribution >= 0.6 is 0 Å². The van der Waals surface area contributed by atoms with E-state index >= 15 is 0 Å². The SMILES string of the molecule is Cc1ccc(C)c(OCC(=O)N2CCC[C@H]([C@H](C)N)C2)c1. The number of hydrogen-bond acceptors (Lipinski definition) is 3. The second kappa shape index (κ2) is 6.94. The van der Waals surface area contributed by atoms with Crippen molar-refractivity contribution in [2.75, 3.05) is 19.7 Å². The minimum Gasteiger partial charge on any atom is -0.483 e. The van der Waals surface area contributed by atoms with Crippen molar-refractivity contribution in [1.82, 2.24) is 4.90 Å². The lowest BCUT2D eigenvalue weighted by atomic mass is 9.92. The van der Waals surface area contributed by atoms with Crippen LogP contribution in [-0.2, 0) is 4.79 Å². The van der Waals surface area contributed by atoms with Gasteiger partial charge in [-0.1, -0.05) is 12.1 Å². The first kappa shape index (κ1) is 15.8. The summed E-state index contributed by atoms with van der Waals surface area (Å²) in [6, 6.07) is 6.17. The molecule has 116 valence electrons. The van der Waals surface area contributed by atoms with Crippen LogP contribution < -0.4 is 10.5 Å². The smallest absolute Gasteiger partial charge is 0.260 e. The van der Waals surface area contributed by atoms with E-state index in [4.69, 9.17) is 10.5 Å². The van der Waals surface area contributed by atoms with Gasteiger partial charge in [-0.2, -0.15) is 0 Å². The number of benzene rings is 1. The summed E-state index contributed by atoms with van der Waals surface area (Å²) in [6.07, 6.45) is 2.14. The standard InChI is InChI=1S/C17H26N2O2/c1-12-6-7-13(2)16(9-12)21-11-17(20)19-8-4-5-15(10-19)14(3)18/h6-7,9,14-15H,4-5,8,10-11,18H2,1-3H3/t14-,15-/m0/s1. The summed E-state index contributed by atoms with van der Waals surface area (Å²) in [5.41, 5.74) is 8.15. The average Bonchev–Trinajstić information content (AvgIpc) is 2.48. The van der Waals surface area contributed by atoms with Crippen molar-refractivity contribution in [2.45, 2.75) is 39.7 Å². The van der Waals surface area contributed by atoms with E-state index in [9.17, 15) is 4.79 Å². The molecule has 1 fully saturated rings. The first-order chi connectivity index (χ1) is 9.97. The summed E-state index contributed by atoms with van der Waals surface area (Å²) in [5, 5.41) is 0. The zero-order chi connectivity index (χ0) is 15.4. The van der Waals surface area contributed by atoms with E-state index in [-0.39, 0.29) is 18.6 Å². The Morgan fingerprint density at radius 1 is 1.48 bits per heavy atom. The quantitative estimate of drug-likeness (QED) is 0.925. The molecule has 1 amide bonds. The number of carbonyl (C=O) groups excluding carboxylic acids is 1. The number of hydrogen-bond donors (Lipinski definition) is 1. The molecule has 0 spiro atoms. The van der Waals surface area contributed by atoms with E-state index < -0.39 is 0 Å². The first-order valence-corrected chi connectivity index (χ1v) is 7.71. The molecule has 0 bridgehead atoms. The third-order valence-electron chi connectivity index (χ3n) is 4.25. The number of aryl methyl sites for hydroxylation is 2. The van der Waals surface area contributed by atoms with E-state index in [0.717, 1.165) is 42.8 Å². The zero-order valence-corrected chi connectivity index (χ0v) is 13.3. The molecular weight excluding hydrogens is 264 g/mol. The van der Waals surface area contributed by atoms with Gasteiger partial charge in [-0.15, -0.1) is 0 Å². The average molecular weight is 290 g/mol. The van der Waals surface area contributed by atoms with Crippen molar-refractivity contribution in [2.24, 2.45) is 11.7 Å². The van der Waals surface area contributed by atoms with Gasteiger partial charge in [-0.3, -0.25) is 4.79 Å². The zero-order valence-electron chi connectivity index (χ0n) is 13.3. The van der Waals surface area contributed by atoms with E-state index in [1.807, 2.05) is 43.9 Å². The number of nitrogens with two attached hydrogens (primary N) is 1. The highest BCUT2D eigenvalue weighted by atomic mass is 16.5. The van der Waals surface area contributed by atoms with E-state index in [0.29, 0.717) is 5.92 Å². The van der Waals surface area contributed by atoms with Crippen molar-refractivity contribution in [1.29, 1.82) is 0 Å². The molecule has 0 saturated carbocycles. The Bertz CT molecular complexity index is 500. The maximum atomic E-state index is 12.3. The Kier molecular flexibility index (Phi) is 5.23. The summed E-state index contributed by atoms with van der Waals surface area (Å²) < 4.78 is 5.71. The minimum atomic E-state index is 0.0567. The molecule has 1 aliphatic heterocycles. The van der Waals surface area contributed by atoms with Crippen LogP contribution in [0.15, 0.2) is 18.2 Å². The second-order valence-electron chi connectivity index (χ2n) is 6.16. The predicted molar refractivity (Wildman–Crippen MR) is 84.4 cm³/mol. The molecule has 1 aromatic carbocycles. The topological polar surface area (TPSA) is 55.6 Å². The summed E-state index contributed by atoms with van der Waals surface area (Å²) >= 11 is 0. The molecule has 1 aromatic rings. The van der Waals surface area contributed by atoms with Crippen LogP contribution in [0.4, 0.5) is 0 Å². The van der Waals surface area contributed by atoms with Crippen molar-refractivity contribution >= 4 is 5.91 Å². The number of carbonyl (C=O) groups is 1. The van der Waals surface area contributed by atoms with Gasteiger partial charge in [0.15, 0.2) is 6.61 Å². The summed E-state index contributed by atoms with van der Waals surface area (Å²) in [4.78, 5) is 14.2.